The van der Waals surface area contributed by atoms with Crippen LogP contribution in [0.3, 0.4) is 0 Å². The number of nitriles is 1. The number of aromatic amines is 1. The quantitative estimate of drug-likeness (QED) is 0.837. The summed E-state index contributed by atoms with van der Waals surface area (Å²) >= 11 is 0. The van der Waals surface area contributed by atoms with Crippen LogP contribution in [0.4, 0.5) is 4.39 Å². The summed E-state index contributed by atoms with van der Waals surface area (Å²) in [5.41, 5.74) is 2.43. The number of nitrogens with one attached hydrogen (secondary N) is 1. The third-order valence-electron chi connectivity index (χ3n) is 2.35. The first-order chi connectivity index (χ1) is 7.70. The molecule has 0 aliphatic carbocycles. The van der Waals surface area contributed by atoms with Crippen molar-refractivity contribution in [3.8, 4) is 17.5 Å². The SMILES string of the molecule is Cc1[nH]c(-c2ccc(F)cc2)nc1CC#N. The fourth-order valence-corrected chi connectivity index (χ4v) is 1.49. The van der Waals surface area contributed by atoms with Gasteiger partial charge in [0.25, 0.3) is 0 Å². The van der Waals surface area contributed by atoms with Crippen molar-refractivity contribution in [3.63, 3.8) is 0 Å². The van der Waals surface area contributed by atoms with Gasteiger partial charge in [0.05, 0.1) is 18.2 Å². The van der Waals surface area contributed by atoms with Gasteiger partial charge in [-0.2, -0.15) is 5.26 Å². The maximum absolute atomic E-state index is 12.7. The number of nitrogens with zero attached hydrogens (tertiary/aromatic N) is 2. The number of aryl methyl sites for hydroxylation is 1. The Kier molecular flexibility index (Phi) is 2.69. The largest absolute Gasteiger partial charge is 0.342 e. The molecule has 0 fully saturated rings. The molecule has 1 heterocycles. The van der Waals surface area contributed by atoms with Gasteiger partial charge in [0, 0.05) is 11.3 Å². The van der Waals surface area contributed by atoms with E-state index in [1.54, 1.807) is 12.1 Å². The summed E-state index contributed by atoms with van der Waals surface area (Å²) in [5.74, 6) is 0.395. The maximum Gasteiger partial charge on any atom is 0.137 e. The molecule has 0 unspecified atom stereocenters. The number of H-pyrrole nitrogens is 1. The number of benzene rings is 1. The molecule has 0 saturated heterocycles. The Labute approximate surface area is 92.6 Å². The van der Waals surface area contributed by atoms with Crippen LogP contribution in [-0.2, 0) is 6.42 Å². The average Bonchev–Trinajstić information content (AvgIpc) is 2.62. The van der Waals surface area contributed by atoms with Gasteiger partial charge in [-0.15, -0.1) is 0 Å². The van der Waals surface area contributed by atoms with Crippen LogP contribution >= 0.6 is 0 Å². The van der Waals surface area contributed by atoms with E-state index in [1.165, 1.54) is 12.1 Å². The molecule has 0 amide bonds. The van der Waals surface area contributed by atoms with E-state index < -0.39 is 0 Å². The Morgan fingerprint density at radius 2 is 2.06 bits per heavy atom. The first-order valence-corrected chi connectivity index (χ1v) is 4.89. The second-order valence-electron chi connectivity index (χ2n) is 3.50. The predicted molar refractivity (Wildman–Crippen MR) is 58.0 cm³/mol. The standard InChI is InChI=1S/C12H10FN3/c1-8-11(6-7-14)16-12(15-8)9-2-4-10(13)5-3-9/h2-5H,6H2,1H3,(H,15,16). The van der Waals surface area contributed by atoms with Gasteiger partial charge in [0.1, 0.15) is 11.6 Å². The minimum atomic E-state index is -0.274. The van der Waals surface area contributed by atoms with Crippen LogP contribution in [0.25, 0.3) is 11.4 Å². The van der Waals surface area contributed by atoms with Crippen molar-refractivity contribution in [2.45, 2.75) is 13.3 Å². The average molecular weight is 215 g/mol. The zero-order valence-electron chi connectivity index (χ0n) is 8.79. The van der Waals surface area contributed by atoms with Crippen LogP contribution < -0.4 is 0 Å². The van der Waals surface area contributed by atoms with Crippen LogP contribution in [0, 0.1) is 24.1 Å². The normalized spacial score (nSPS) is 10.1. The number of aromatic nitrogens is 2. The lowest BCUT2D eigenvalue weighted by Crippen LogP contribution is -1.84. The highest BCUT2D eigenvalue weighted by Crippen LogP contribution is 2.18. The molecular formula is C12H10FN3. The Bertz CT molecular complexity index is 534. The van der Waals surface area contributed by atoms with Crippen molar-refractivity contribution in [2.75, 3.05) is 0 Å². The van der Waals surface area contributed by atoms with E-state index in [4.69, 9.17) is 5.26 Å². The Morgan fingerprint density at radius 1 is 1.38 bits per heavy atom. The second kappa shape index (κ2) is 4.15. The van der Waals surface area contributed by atoms with Gasteiger partial charge in [-0.05, 0) is 31.2 Å². The predicted octanol–water partition coefficient (Wildman–Crippen LogP) is 2.59. The summed E-state index contributed by atoms with van der Waals surface area (Å²) in [7, 11) is 0. The highest BCUT2D eigenvalue weighted by Gasteiger charge is 2.07. The van der Waals surface area contributed by atoms with Crippen LogP contribution in [0.1, 0.15) is 11.4 Å². The minimum Gasteiger partial charge on any atom is -0.342 e. The molecule has 80 valence electrons. The van der Waals surface area contributed by atoms with Crippen molar-refractivity contribution in [2.24, 2.45) is 0 Å². The molecular weight excluding hydrogens is 205 g/mol. The molecule has 0 spiro atoms. The number of halogens is 1. The zero-order chi connectivity index (χ0) is 11.5. The summed E-state index contributed by atoms with van der Waals surface area (Å²) in [4.78, 5) is 7.38. The molecule has 1 aromatic carbocycles. The van der Waals surface area contributed by atoms with E-state index in [-0.39, 0.29) is 12.2 Å². The van der Waals surface area contributed by atoms with Crippen molar-refractivity contribution < 1.29 is 4.39 Å². The van der Waals surface area contributed by atoms with Crippen LogP contribution in [0.2, 0.25) is 0 Å². The van der Waals surface area contributed by atoms with E-state index in [1.807, 2.05) is 6.92 Å². The molecule has 0 aliphatic rings. The third kappa shape index (κ3) is 1.94. The summed E-state index contributed by atoms with van der Waals surface area (Å²) in [6, 6.07) is 8.14. The molecule has 3 nitrogen and oxygen atoms in total. The van der Waals surface area contributed by atoms with Crippen LogP contribution in [-0.4, -0.2) is 9.97 Å². The molecule has 1 aromatic heterocycles. The first kappa shape index (κ1) is 10.4. The van der Waals surface area contributed by atoms with E-state index in [0.29, 0.717) is 5.82 Å². The molecule has 0 atom stereocenters. The lowest BCUT2D eigenvalue weighted by molar-refractivity contribution is 0.628. The summed E-state index contributed by atoms with van der Waals surface area (Å²) in [6.45, 7) is 1.87. The van der Waals surface area contributed by atoms with Gasteiger partial charge in [-0.25, -0.2) is 9.37 Å². The molecule has 1 N–H and O–H groups in total. The number of rotatable bonds is 2. The van der Waals surface area contributed by atoms with Gasteiger partial charge in [0.15, 0.2) is 0 Å². The van der Waals surface area contributed by atoms with Gasteiger partial charge >= 0.3 is 0 Å². The van der Waals surface area contributed by atoms with Crippen molar-refractivity contribution in [1.82, 2.24) is 9.97 Å². The van der Waals surface area contributed by atoms with Crippen molar-refractivity contribution in [3.05, 3.63) is 41.5 Å². The minimum absolute atomic E-state index is 0.274. The first-order valence-electron chi connectivity index (χ1n) is 4.89. The van der Waals surface area contributed by atoms with E-state index in [9.17, 15) is 4.39 Å². The number of imidazole rings is 1. The topological polar surface area (TPSA) is 52.5 Å². The Hall–Kier alpha value is -2.15. The summed E-state index contributed by atoms with van der Waals surface area (Å²) < 4.78 is 12.7. The molecule has 0 radical (unpaired) electrons. The molecule has 0 bridgehead atoms. The molecule has 2 rings (SSSR count). The smallest absolute Gasteiger partial charge is 0.137 e. The Balaban J connectivity index is 2.38. The summed E-state index contributed by atoms with van der Waals surface area (Å²) in [6.07, 6.45) is 0.281. The fraction of sp³-hybridized carbons (Fsp3) is 0.167. The molecule has 0 aliphatic heterocycles. The van der Waals surface area contributed by atoms with E-state index in [0.717, 1.165) is 17.0 Å². The highest BCUT2D eigenvalue weighted by molar-refractivity contribution is 5.55. The lowest BCUT2D eigenvalue weighted by Gasteiger charge is -1.95. The monoisotopic (exact) mass is 215 g/mol. The van der Waals surface area contributed by atoms with Gasteiger partial charge in [0.2, 0.25) is 0 Å². The molecule has 16 heavy (non-hydrogen) atoms. The van der Waals surface area contributed by atoms with Crippen LogP contribution in [0.15, 0.2) is 24.3 Å². The zero-order valence-corrected chi connectivity index (χ0v) is 8.79. The Morgan fingerprint density at radius 3 is 2.69 bits per heavy atom. The van der Waals surface area contributed by atoms with Crippen molar-refractivity contribution >= 4 is 0 Å². The number of hydrogen-bond donors (Lipinski definition) is 1. The lowest BCUT2D eigenvalue weighted by atomic mass is 10.2. The number of hydrogen-bond acceptors (Lipinski definition) is 2. The third-order valence-corrected chi connectivity index (χ3v) is 2.35. The van der Waals surface area contributed by atoms with Crippen molar-refractivity contribution in [1.29, 1.82) is 5.26 Å². The van der Waals surface area contributed by atoms with Gasteiger partial charge in [-0.1, -0.05) is 0 Å². The maximum atomic E-state index is 12.7. The molecule has 4 heteroatoms. The molecule has 2 aromatic rings. The second-order valence-corrected chi connectivity index (χ2v) is 3.50. The highest BCUT2D eigenvalue weighted by atomic mass is 19.1. The van der Waals surface area contributed by atoms with Gasteiger partial charge in [-0.3, -0.25) is 0 Å². The van der Waals surface area contributed by atoms with Crippen LogP contribution in [0.5, 0.6) is 0 Å². The molecule has 0 saturated carbocycles. The van der Waals surface area contributed by atoms with E-state index in [2.05, 4.69) is 16.0 Å². The van der Waals surface area contributed by atoms with Gasteiger partial charge < -0.3 is 4.98 Å². The summed E-state index contributed by atoms with van der Waals surface area (Å²) in [5, 5.41) is 8.61. The fourth-order valence-electron chi connectivity index (χ4n) is 1.49. The van der Waals surface area contributed by atoms with E-state index >= 15 is 0 Å².